The van der Waals surface area contributed by atoms with Gasteiger partial charge in [-0.3, -0.25) is 9.69 Å². The van der Waals surface area contributed by atoms with Crippen LogP contribution in [0.15, 0.2) is 52.0 Å². The first kappa shape index (κ1) is 24.9. The van der Waals surface area contributed by atoms with Crippen LogP contribution in [0.5, 0.6) is 0 Å². The zero-order valence-electron chi connectivity index (χ0n) is 20.3. The smallest absolute Gasteiger partial charge is 0.243 e. The van der Waals surface area contributed by atoms with E-state index in [2.05, 4.69) is 24.1 Å². The van der Waals surface area contributed by atoms with Crippen LogP contribution in [-0.2, 0) is 14.8 Å². The number of carbonyl (C=O) groups excluding carboxylic acids is 1. The minimum Gasteiger partial charge on any atom is -0.468 e. The number of benzene rings is 1. The maximum atomic E-state index is 13.1. The van der Waals surface area contributed by atoms with Gasteiger partial charge in [-0.1, -0.05) is 32.4 Å². The van der Waals surface area contributed by atoms with Crippen LogP contribution in [-0.4, -0.2) is 56.3 Å². The summed E-state index contributed by atoms with van der Waals surface area (Å²) in [6.07, 6.45) is 6.32. The van der Waals surface area contributed by atoms with Crippen molar-refractivity contribution in [3.63, 3.8) is 0 Å². The monoisotopic (exact) mass is 487 g/mol. The summed E-state index contributed by atoms with van der Waals surface area (Å²) in [5.41, 5.74) is 1.12. The molecule has 1 atom stereocenters. The molecule has 2 fully saturated rings. The molecule has 2 aliphatic rings. The summed E-state index contributed by atoms with van der Waals surface area (Å²) in [5, 5.41) is 3.13. The molecule has 0 aliphatic carbocycles. The highest BCUT2D eigenvalue weighted by Gasteiger charge is 2.33. The fourth-order valence-electron chi connectivity index (χ4n) is 4.99. The van der Waals surface area contributed by atoms with Crippen LogP contribution in [0.2, 0.25) is 0 Å². The van der Waals surface area contributed by atoms with Crippen molar-refractivity contribution in [3.8, 4) is 0 Å². The van der Waals surface area contributed by atoms with E-state index in [0.717, 1.165) is 37.3 Å². The molecular weight excluding hydrogens is 450 g/mol. The van der Waals surface area contributed by atoms with E-state index in [1.807, 2.05) is 24.3 Å². The van der Waals surface area contributed by atoms with Crippen LogP contribution < -0.4 is 5.32 Å². The lowest BCUT2D eigenvalue weighted by atomic mass is 9.97. The second kappa shape index (κ2) is 11.1. The molecule has 0 radical (unpaired) electrons. The number of likely N-dealkylation sites (tertiary alicyclic amines) is 1. The van der Waals surface area contributed by atoms with Crippen molar-refractivity contribution in [1.82, 2.24) is 14.5 Å². The first-order valence-electron chi connectivity index (χ1n) is 12.5. The maximum Gasteiger partial charge on any atom is 0.243 e. The van der Waals surface area contributed by atoms with Gasteiger partial charge in [-0.2, -0.15) is 4.31 Å². The fourth-order valence-corrected chi connectivity index (χ4v) is 6.46. The molecule has 1 unspecified atom stereocenters. The Morgan fingerprint density at radius 1 is 1.03 bits per heavy atom. The van der Waals surface area contributed by atoms with Crippen molar-refractivity contribution in [2.75, 3.05) is 32.7 Å². The highest BCUT2D eigenvalue weighted by atomic mass is 32.2. The number of piperidine rings is 2. The number of hydrogen-bond donors (Lipinski definition) is 1. The topological polar surface area (TPSA) is 82.9 Å². The first-order valence-corrected chi connectivity index (χ1v) is 14.0. The van der Waals surface area contributed by atoms with Gasteiger partial charge in [-0.15, -0.1) is 0 Å². The summed E-state index contributed by atoms with van der Waals surface area (Å²) < 4.78 is 33.3. The molecule has 186 valence electrons. The maximum absolute atomic E-state index is 13.1. The van der Waals surface area contributed by atoms with E-state index in [-0.39, 0.29) is 17.9 Å². The largest absolute Gasteiger partial charge is 0.468 e. The molecule has 2 aliphatic heterocycles. The van der Waals surface area contributed by atoms with E-state index >= 15 is 0 Å². The van der Waals surface area contributed by atoms with Gasteiger partial charge in [0.2, 0.25) is 15.9 Å². The highest BCUT2D eigenvalue weighted by Crippen LogP contribution is 2.27. The standard InChI is InChI=1S/C26H37N3O4S/c1-20(2)21-8-10-23(11-9-21)34(31,32)29-16-12-22(13-17-29)26(30)27-19-24(25-7-6-18-33-25)28-14-4-3-5-15-28/h6-11,18,20,22,24H,3-5,12-17,19H2,1-2H3,(H,27,30). The Labute approximate surface area is 203 Å². The zero-order valence-corrected chi connectivity index (χ0v) is 21.1. The quantitative estimate of drug-likeness (QED) is 0.605. The molecule has 8 heteroatoms. The number of rotatable bonds is 8. The normalized spacial score (nSPS) is 19.9. The molecule has 3 heterocycles. The molecule has 1 aromatic carbocycles. The molecule has 4 rings (SSSR count). The summed E-state index contributed by atoms with van der Waals surface area (Å²) in [4.78, 5) is 15.7. The summed E-state index contributed by atoms with van der Waals surface area (Å²) in [5.74, 6) is 1.07. The molecule has 1 aromatic heterocycles. The van der Waals surface area contributed by atoms with Gasteiger partial charge in [0.15, 0.2) is 0 Å². The zero-order chi connectivity index (χ0) is 24.1. The Kier molecular flexibility index (Phi) is 8.11. The van der Waals surface area contributed by atoms with E-state index in [1.165, 1.54) is 10.7 Å². The van der Waals surface area contributed by atoms with Gasteiger partial charge < -0.3 is 9.73 Å². The molecule has 0 spiro atoms. The SMILES string of the molecule is CC(C)c1ccc(S(=O)(=O)N2CCC(C(=O)NCC(c3ccco3)N3CCCCC3)CC2)cc1. The van der Waals surface area contributed by atoms with E-state index in [4.69, 9.17) is 4.42 Å². The number of carbonyl (C=O) groups is 1. The molecule has 2 saturated heterocycles. The predicted molar refractivity (Wildman–Crippen MR) is 132 cm³/mol. The van der Waals surface area contributed by atoms with Crippen LogP contribution in [0.1, 0.15) is 69.2 Å². The van der Waals surface area contributed by atoms with Gasteiger partial charge in [0.25, 0.3) is 0 Å². The van der Waals surface area contributed by atoms with Gasteiger partial charge in [-0.25, -0.2) is 8.42 Å². The molecular formula is C26H37N3O4S. The molecule has 0 saturated carbocycles. The van der Waals surface area contributed by atoms with Crippen molar-refractivity contribution in [2.45, 2.75) is 62.8 Å². The van der Waals surface area contributed by atoms with Crippen LogP contribution >= 0.6 is 0 Å². The molecule has 1 N–H and O–H groups in total. The number of sulfonamides is 1. The van der Waals surface area contributed by atoms with Gasteiger partial charge in [0, 0.05) is 25.6 Å². The minimum absolute atomic E-state index is 0.00639. The number of furan rings is 1. The van der Waals surface area contributed by atoms with E-state index in [9.17, 15) is 13.2 Å². The Hall–Kier alpha value is -2.16. The molecule has 2 aromatic rings. The van der Waals surface area contributed by atoms with Crippen molar-refractivity contribution in [1.29, 1.82) is 0 Å². The third-order valence-electron chi connectivity index (χ3n) is 7.18. The summed E-state index contributed by atoms with van der Waals surface area (Å²) in [6.45, 7) is 7.42. The summed E-state index contributed by atoms with van der Waals surface area (Å²) in [7, 11) is -3.54. The molecule has 0 bridgehead atoms. The predicted octanol–water partition coefficient (Wildman–Crippen LogP) is 4.15. The van der Waals surface area contributed by atoms with Crippen molar-refractivity contribution >= 4 is 15.9 Å². The van der Waals surface area contributed by atoms with Crippen molar-refractivity contribution in [2.24, 2.45) is 5.92 Å². The number of nitrogens with zero attached hydrogens (tertiary/aromatic N) is 2. The van der Waals surface area contributed by atoms with Gasteiger partial charge >= 0.3 is 0 Å². The van der Waals surface area contributed by atoms with E-state index in [1.54, 1.807) is 18.4 Å². The Bertz CT molecular complexity index is 1020. The average molecular weight is 488 g/mol. The lowest BCUT2D eigenvalue weighted by molar-refractivity contribution is -0.126. The first-order chi connectivity index (χ1) is 16.4. The molecule has 34 heavy (non-hydrogen) atoms. The van der Waals surface area contributed by atoms with Crippen LogP contribution in [0.4, 0.5) is 0 Å². The Morgan fingerprint density at radius 3 is 2.29 bits per heavy atom. The lowest BCUT2D eigenvalue weighted by Crippen LogP contribution is -2.45. The van der Waals surface area contributed by atoms with E-state index < -0.39 is 10.0 Å². The minimum atomic E-state index is -3.54. The summed E-state index contributed by atoms with van der Waals surface area (Å²) >= 11 is 0. The van der Waals surface area contributed by atoms with Gasteiger partial charge in [0.1, 0.15) is 5.76 Å². The Balaban J connectivity index is 1.32. The third-order valence-corrected chi connectivity index (χ3v) is 9.09. The third kappa shape index (κ3) is 5.73. The molecule has 7 nitrogen and oxygen atoms in total. The number of amides is 1. The highest BCUT2D eigenvalue weighted by molar-refractivity contribution is 7.89. The lowest BCUT2D eigenvalue weighted by Gasteiger charge is -2.34. The molecule has 1 amide bonds. The second-order valence-corrected chi connectivity index (χ2v) is 11.7. The van der Waals surface area contributed by atoms with Crippen LogP contribution in [0.25, 0.3) is 0 Å². The van der Waals surface area contributed by atoms with Crippen molar-refractivity contribution in [3.05, 3.63) is 54.0 Å². The summed E-state index contributed by atoms with van der Waals surface area (Å²) in [6, 6.07) is 11.1. The van der Waals surface area contributed by atoms with Gasteiger partial charge in [0.05, 0.1) is 17.2 Å². The Morgan fingerprint density at radius 2 is 1.71 bits per heavy atom. The fraction of sp³-hybridized carbons (Fsp3) is 0.577. The number of hydrogen-bond acceptors (Lipinski definition) is 5. The van der Waals surface area contributed by atoms with Gasteiger partial charge in [-0.05, 0) is 74.5 Å². The van der Waals surface area contributed by atoms with E-state index in [0.29, 0.717) is 43.3 Å². The number of nitrogens with one attached hydrogen (secondary N) is 1. The van der Waals surface area contributed by atoms with Crippen molar-refractivity contribution < 1.29 is 17.6 Å². The van der Waals surface area contributed by atoms with Crippen LogP contribution in [0, 0.1) is 5.92 Å². The second-order valence-electron chi connectivity index (χ2n) is 9.78. The average Bonchev–Trinajstić information content (AvgIpc) is 3.39. The van der Waals surface area contributed by atoms with Crippen LogP contribution in [0.3, 0.4) is 0 Å².